The van der Waals surface area contributed by atoms with E-state index >= 15 is 0 Å². The summed E-state index contributed by atoms with van der Waals surface area (Å²) in [4.78, 5) is 15.5. The van der Waals surface area contributed by atoms with E-state index in [1.54, 1.807) is 13.2 Å². The lowest BCUT2D eigenvalue weighted by Crippen LogP contribution is -2.32. The van der Waals surface area contributed by atoms with Gasteiger partial charge < -0.3 is 29.2 Å². The minimum absolute atomic E-state index is 0.0160. The van der Waals surface area contributed by atoms with Crippen molar-refractivity contribution in [3.8, 4) is 22.8 Å². The average molecular weight is 487 g/mol. The second kappa shape index (κ2) is 9.86. The first-order chi connectivity index (χ1) is 16.3. The van der Waals surface area contributed by atoms with Crippen molar-refractivity contribution in [1.29, 1.82) is 0 Å². The summed E-state index contributed by atoms with van der Waals surface area (Å²) in [6.07, 6.45) is 0.795. The Labute approximate surface area is 204 Å². The molecule has 1 aromatic heterocycles. The molecule has 0 saturated carbocycles. The fraction of sp³-hybridized carbons (Fsp3) is 0.423. The quantitative estimate of drug-likeness (QED) is 0.499. The van der Waals surface area contributed by atoms with Crippen molar-refractivity contribution < 1.29 is 19.0 Å². The van der Waals surface area contributed by atoms with Gasteiger partial charge in [0.15, 0.2) is 5.43 Å². The molecule has 7 nitrogen and oxygen atoms in total. The zero-order chi connectivity index (χ0) is 24.6. The van der Waals surface area contributed by atoms with Gasteiger partial charge in [0.25, 0.3) is 0 Å². The number of likely N-dealkylation sites (N-methyl/N-ethyl adjacent to an activating group) is 1. The maximum absolute atomic E-state index is 13.4. The number of fused-ring (bicyclic) bond motifs is 1. The van der Waals surface area contributed by atoms with Gasteiger partial charge in [0, 0.05) is 46.9 Å². The van der Waals surface area contributed by atoms with Gasteiger partial charge in [-0.1, -0.05) is 11.6 Å². The highest BCUT2D eigenvalue weighted by atomic mass is 35.5. The molecule has 2 heterocycles. The van der Waals surface area contributed by atoms with Crippen LogP contribution in [0.1, 0.15) is 31.7 Å². The third kappa shape index (κ3) is 4.35. The molecule has 0 spiro atoms. The van der Waals surface area contributed by atoms with Crippen molar-refractivity contribution in [2.45, 2.75) is 38.3 Å². The van der Waals surface area contributed by atoms with E-state index in [1.165, 1.54) is 13.2 Å². The summed E-state index contributed by atoms with van der Waals surface area (Å²) in [7, 11) is 5.07. The first-order valence-corrected chi connectivity index (χ1v) is 11.8. The smallest absolute Gasteiger partial charge is 0.197 e. The molecule has 2 unspecified atom stereocenters. The summed E-state index contributed by atoms with van der Waals surface area (Å²) in [5, 5.41) is 14.2. The molecule has 182 valence electrons. The highest BCUT2D eigenvalue weighted by Crippen LogP contribution is 2.45. The predicted octanol–water partition coefficient (Wildman–Crippen LogP) is 4.73. The van der Waals surface area contributed by atoms with Crippen LogP contribution in [-0.4, -0.2) is 56.5 Å². The molecule has 34 heavy (non-hydrogen) atoms. The number of hydrogen-bond donors (Lipinski definition) is 2. The molecule has 1 fully saturated rings. The molecule has 0 bridgehead atoms. The van der Waals surface area contributed by atoms with E-state index in [0.717, 1.165) is 24.2 Å². The Morgan fingerprint density at radius 2 is 1.94 bits per heavy atom. The Morgan fingerprint density at radius 3 is 2.56 bits per heavy atom. The fourth-order valence-corrected chi connectivity index (χ4v) is 5.13. The number of nitrogens with one attached hydrogen (secondary N) is 1. The van der Waals surface area contributed by atoms with E-state index in [-0.39, 0.29) is 30.0 Å². The van der Waals surface area contributed by atoms with Crippen LogP contribution in [0.25, 0.3) is 22.3 Å². The van der Waals surface area contributed by atoms with E-state index in [2.05, 4.69) is 10.2 Å². The van der Waals surface area contributed by atoms with Crippen LogP contribution in [-0.2, 0) is 0 Å². The third-order valence-corrected chi connectivity index (χ3v) is 6.79. The molecule has 0 radical (unpaired) electrons. The lowest BCUT2D eigenvalue weighted by atomic mass is 9.89. The zero-order valence-electron chi connectivity index (χ0n) is 20.1. The van der Waals surface area contributed by atoms with Gasteiger partial charge in [-0.15, -0.1) is 0 Å². The van der Waals surface area contributed by atoms with Crippen LogP contribution in [0.15, 0.2) is 39.5 Å². The van der Waals surface area contributed by atoms with Crippen LogP contribution in [0.2, 0.25) is 5.02 Å². The zero-order valence-corrected chi connectivity index (χ0v) is 20.9. The Morgan fingerprint density at radius 1 is 1.21 bits per heavy atom. The van der Waals surface area contributed by atoms with Crippen LogP contribution < -0.4 is 20.2 Å². The van der Waals surface area contributed by atoms with Crippen molar-refractivity contribution in [3.05, 3.63) is 51.1 Å². The minimum Gasteiger partial charge on any atom is -0.496 e. The number of anilines is 1. The molecule has 8 heteroatoms. The van der Waals surface area contributed by atoms with Crippen LogP contribution in [0.4, 0.5) is 5.69 Å². The number of aliphatic hydroxyl groups excluding tert-OH is 1. The maximum atomic E-state index is 13.4. The van der Waals surface area contributed by atoms with Gasteiger partial charge >= 0.3 is 0 Å². The van der Waals surface area contributed by atoms with Gasteiger partial charge in [0.05, 0.1) is 25.8 Å². The second-order valence-electron chi connectivity index (χ2n) is 8.99. The van der Waals surface area contributed by atoms with Gasteiger partial charge in [-0.2, -0.15) is 0 Å². The van der Waals surface area contributed by atoms with Crippen LogP contribution >= 0.6 is 11.6 Å². The lowest BCUT2D eigenvalue weighted by Gasteiger charge is -2.25. The molecule has 2 N–H and O–H groups in total. The van der Waals surface area contributed by atoms with Crippen molar-refractivity contribution >= 4 is 28.3 Å². The van der Waals surface area contributed by atoms with Crippen LogP contribution in [0, 0.1) is 0 Å². The van der Waals surface area contributed by atoms with E-state index in [1.807, 2.05) is 39.1 Å². The first-order valence-electron chi connectivity index (χ1n) is 11.4. The van der Waals surface area contributed by atoms with E-state index in [4.69, 9.17) is 25.5 Å². The number of rotatable bonds is 7. The van der Waals surface area contributed by atoms with Gasteiger partial charge in [0.2, 0.25) is 0 Å². The number of benzene rings is 2. The SMILES string of the molecule is COc1cc(OC)c2c(=O)cc(-c3ccc(NC(C)C)cc3Cl)oc2c1C1CCN(C)C1CO. The molecule has 1 aliphatic rings. The number of likely N-dealkylation sites (tertiary alicyclic amines) is 1. The number of nitrogens with zero attached hydrogens (tertiary/aromatic N) is 1. The third-order valence-electron chi connectivity index (χ3n) is 6.48. The molecule has 2 aromatic carbocycles. The molecule has 4 rings (SSSR count). The normalized spacial score (nSPS) is 18.6. The van der Waals surface area contributed by atoms with E-state index in [9.17, 15) is 9.90 Å². The van der Waals surface area contributed by atoms with Crippen LogP contribution in [0.3, 0.4) is 0 Å². The Kier molecular flexibility index (Phi) is 7.07. The van der Waals surface area contributed by atoms with Crippen molar-refractivity contribution in [2.24, 2.45) is 0 Å². The summed E-state index contributed by atoms with van der Waals surface area (Å²) < 4.78 is 17.7. The van der Waals surface area contributed by atoms with Gasteiger partial charge in [0.1, 0.15) is 28.2 Å². The molecule has 0 aliphatic carbocycles. The number of ether oxygens (including phenoxy) is 2. The van der Waals surface area contributed by atoms with Crippen molar-refractivity contribution in [2.75, 3.05) is 39.7 Å². The standard InChI is InChI=1S/C26H31ClN2O5/c1-14(2)28-15-6-7-16(18(27)10-15)21-11-20(31)25-23(33-5)12-22(32-4)24(26(25)34-21)17-8-9-29(3)19(17)13-30/h6-7,10-12,14,17,19,28,30H,8-9,13H2,1-5H3. The Hall–Kier alpha value is -2.74. The molecule has 1 saturated heterocycles. The van der Waals surface area contributed by atoms with Crippen molar-refractivity contribution in [3.63, 3.8) is 0 Å². The topological polar surface area (TPSA) is 84.2 Å². The number of halogens is 1. The monoisotopic (exact) mass is 486 g/mol. The Bertz CT molecular complexity index is 1260. The minimum atomic E-state index is -0.232. The largest absolute Gasteiger partial charge is 0.496 e. The molecular weight excluding hydrogens is 456 g/mol. The highest BCUT2D eigenvalue weighted by molar-refractivity contribution is 6.33. The Balaban J connectivity index is 1.97. The van der Waals surface area contributed by atoms with Gasteiger partial charge in [-0.25, -0.2) is 0 Å². The number of aliphatic hydroxyl groups is 1. The molecular formula is C26H31ClN2O5. The highest BCUT2D eigenvalue weighted by Gasteiger charge is 2.37. The molecule has 0 amide bonds. The summed E-state index contributed by atoms with van der Waals surface area (Å²) >= 11 is 6.61. The van der Waals surface area contributed by atoms with Crippen molar-refractivity contribution in [1.82, 2.24) is 4.90 Å². The van der Waals surface area contributed by atoms with Crippen LogP contribution in [0.5, 0.6) is 11.5 Å². The van der Waals surface area contributed by atoms with E-state index in [0.29, 0.717) is 38.8 Å². The molecule has 1 aliphatic heterocycles. The fourth-order valence-electron chi connectivity index (χ4n) is 4.86. The summed E-state index contributed by atoms with van der Waals surface area (Å²) in [5.41, 5.74) is 2.43. The summed E-state index contributed by atoms with van der Waals surface area (Å²) in [6.45, 7) is 4.89. The number of methoxy groups -OCH3 is 2. The number of hydrogen-bond acceptors (Lipinski definition) is 7. The summed E-state index contributed by atoms with van der Waals surface area (Å²) in [5.74, 6) is 1.23. The average Bonchev–Trinajstić information content (AvgIpc) is 3.17. The summed E-state index contributed by atoms with van der Waals surface area (Å²) in [6, 6.07) is 8.88. The lowest BCUT2D eigenvalue weighted by molar-refractivity contribution is 0.171. The maximum Gasteiger partial charge on any atom is 0.197 e. The van der Waals surface area contributed by atoms with E-state index < -0.39 is 0 Å². The molecule has 3 aromatic rings. The predicted molar refractivity (Wildman–Crippen MR) is 136 cm³/mol. The van der Waals surface area contributed by atoms with Gasteiger partial charge in [-0.3, -0.25) is 4.79 Å². The first kappa shape index (κ1) is 24.4. The molecule has 2 atom stereocenters. The second-order valence-corrected chi connectivity index (χ2v) is 9.40. The van der Waals surface area contributed by atoms with Gasteiger partial charge in [-0.05, 0) is 52.1 Å².